The maximum absolute atomic E-state index is 12.0. The number of anilines is 1. The third-order valence-corrected chi connectivity index (χ3v) is 5.44. The number of carboxylic acids is 1. The van der Waals surface area contributed by atoms with Gasteiger partial charge in [0.2, 0.25) is 0 Å². The summed E-state index contributed by atoms with van der Waals surface area (Å²) in [7, 11) is 0. The second-order valence-electron chi connectivity index (χ2n) is 7.40. The highest BCUT2D eigenvalue weighted by atomic mass is 16.4. The van der Waals surface area contributed by atoms with Crippen LogP contribution in [0.5, 0.6) is 0 Å². The fourth-order valence-corrected chi connectivity index (χ4v) is 3.96. The maximum atomic E-state index is 12.0. The lowest BCUT2D eigenvalue weighted by molar-refractivity contribution is -0.137. The zero-order valence-electron chi connectivity index (χ0n) is 16.6. The van der Waals surface area contributed by atoms with Gasteiger partial charge < -0.3 is 15.4 Å². The van der Waals surface area contributed by atoms with Gasteiger partial charge in [0.15, 0.2) is 0 Å². The minimum Gasteiger partial charge on any atom is -0.480 e. The Morgan fingerprint density at radius 3 is 2.55 bits per heavy atom. The summed E-state index contributed by atoms with van der Waals surface area (Å²) in [6, 6.07) is 23.1. The summed E-state index contributed by atoms with van der Waals surface area (Å²) >= 11 is 0. The van der Waals surface area contributed by atoms with Gasteiger partial charge in [-0.05, 0) is 21.9 Å². The molecular formula is C25H20N4O2. The quantitative estimate of drug-likeness (QED) is 0.372. The first kappa shape index (κ1) is 18.8. The summed E-state index contributed by atoms with van der Waals surface area (Å²) in [5.41, 5.74) is 3.57. The lowest BCUT2D eigenvalue weighted by Crippen LogP contribution is -2.32. The second-order valence-corrected chi connectivity index (χ2v) is 7.40. The van der Waals surface area contributed by atoms with E-state index in [2.05, 4.69) is 44.5 Å². The molecule has 1 atom stereocenters. The van der Waals surface area contributed by atoms with Crippen LogP contribution in [0, 0.1) is 0 Å². The zero-order valence-corrected chi connectivity index (χ0v) is 16.6. The number of hydrogen-bond acceptors (Lipinski definition) is 4. The first-order valence-electron chi connectivity index (χ1n) is 10.0. The predicted octanol–water partition coefficient (Wildman–Crippen LogP) is 4.89. The van der Waals surface area contributed by atoms with Crippen molar-refractivity contribution in [2.75, 3.05) is 5.32 Å². The van der Waals surface area contributed by atoms with E-state index in [0.29, 0.717) is 17.9 Å². The van der Waals surface area contributed by atoms with Crippen molar-refractivity contribution in [1.29, 1.82) is 0 Å². The molecule has 0 radical (unpaired) electrons. The zero-order chi connectivity index (χ0) is 21.2. The van der Waals surface area contributed by atoms with Gasteiger partial charge in [0.1, 0.15) is 23.8 Å². The molecule has 5 rings (SSSR count). The SMILES string of the molecule is O=C(O)[C@@H](Cc1ccccc1)Nc1ncnc2[nH]cc(-c3cccc4ccccc34)c12. The standard InChI is InChI=1S/C25H20N4O2/c30-25(31)21(13-16-7-2-1-3-8-16)29-24-22-20(14-26-23(22)27-15-28-24)19-12-6-10-17-9-4-5-11-18(17)19/h1-12,14-15,21H,13H2,(H,30,31)(H2,26,27,28,29)/t21-/m1/s1. The van der Waals surface area contributed by atoms with Gasteiger partial charge in [-0.1, -0.05) is 72.8 Å². The fourth-order valence-electron chi connectivity index (χ4n) is 3.96. The van der Waals surface area contributed by atoms with E-state index in [1.165, 1.54) is 6.33 Å². The molecule has 152 valence electrons. The van der Waals surface area contributed by atoms with Crippen molar-refractivity contribution >= 4 is 33.6 Å². The highest BCUT2D eigenvalue weighted by Crippen LogP contribution is 2.36. The third kappa shape index (κ3) is 3.59. The van der Waals surface area contributed by atoms with Gasteiger partial charge >= 0.3 is 5.97 Å². The number of benzene rings is 3. The number of carbonyl (C=O) groups is 1. The number of rotatable bonds is 6. The Bertz CT molecular complexity index is 1370. The number of aromatic nitrogens is 3. The topological polar surface area (TPSA) is 90.9 Å². The number of H-pyrrole nitrogens is 1. The Balaban J connectivity index is 1.60. The van der Waals surface area contributed by atoms with Gasteiger partial charge in [0, 0.05) is 18.2 Å². The minimum absolute atomic E-state index is 0.343. The molecule has 2 aromatic heterocycles. The van der Waals surface area contributed by atoms with Crippen LogP contribution in [-0.2, 0) is 11.2 Å². The molecule has 6 heteroatoms. The molecule has 6 nitrogen and oxygen atoms in total. The lowest BCUT2D eigenvalue weighted by atomic mass is 9.98. The van der Waals surface area contributed by atoms with Gasteiger partial charge in [0.05, 0.1) is 5.39 Å². The summed E-state index contributed by atoms with van der Waals surface area (Å²) in [5, 5.41) is 16.0. The van der Waals surface area contributed by atoms with E-state index in [1.54, 1.807) is 0 Å². The molecule has 0 fully saturated rings. The number of aliphatic carboxylic acids is 1. The molecule has 31 heavy (non-hydrogen) atoms. The number of nitrogens with zero attached hydrogens (tertiary/aromatic N) is 2. The molecule has 0 aliphatic rings. The second kappa shape index (κ2) is 7.91. The van der Waals surface area contributed by atoms with Crippen LogP contribution in [0.15, 0.2) is 85.3 Å². The first-order valence-corrected chi connectivity index (χ1v) is 10.0. The van der Waals surface area contributed by atoms with Gasteiger partial charge in [-0.15, -0.1) is 0 Å². The fraction of sp³-hybridized carbons (Fsp3) is 0.0800. The molecule has 0 spiro atoms. The Hall–Kier alpha value is -4.19. The average molecular weight is 408 g/mol. The summed E-state index contributed by atoms with van der Waals surface area (Å²) in [6.07, 6.45) is 3.68. The maximum Gasteiger partial charge on any atom is 0.326 e. The Kier molecular flexibility index (Phi) is 4.80. The molecule has 5 aromatic rings. The van der Waals surface area contributed by atoms with Crippen LogP contribution in [0.2, 0.25) is 0 Å². The van der Waals surface area contributed by atoms with Crippen molar-refractivity contribution in [1.82, 2.24) is 15.0 Å². The summed E-state index contributed by atoms with van der Waals surface area (Å²) in [6.45, 7) is 0. The largest absolute Gasteiger partial charge is 0.480 e. The van der Waals surface area contributed by atoms with Crippen LogP contribution in [-0.4, -0.2) is 32.1 Å². The van der Waals surface area contributed by atoms with E-state index in [1.807, 2.05) is 54.7 Å². The van der Waals surface area contributed by atoms with Crippen LogP contribution < -0.4 is 5.32 Å². The highest BCUT2D eigenvalue weighted by Gasteiger charge is 2.22. The number of hydrogen-bond donors (Lipinski definition) is 3. The summed E-state index contributed by atoms with van der Waals surface area (Å²) < 4.78 is 0. The van der Waals surface area contributed by atoms with Gasteiger partial charge in [0.25, 0.3) is 0 Å². The van der Waals surface area contributed by atoms with Crippen molar-refractivity contribution < 1.29 is 9.90 Å². The molecule has 0 unspecified atom stereocenters. The number of carboxylic acid groups (broad SMARTS) is 1. The predicted molar refractivity (Wildman–Crippen MR) is 122 cm³/mol. The molecule has 3 N–H and O–H groups in total. The Labute approximate surface area is 178 Å². The van der Waals surface area contributed by atoms with Crippen molar-refractivity contribution in [2.45, 2.75) is 12.5 Å². The number of aromatic amines is 1. The molecule has 0 bridgehead atoms. The molecular weight excluding hydrogens is 388 g/mol. The van der Waals surface area contributed by atoms with E-state index in [4.69, 9.17) is 0 Å². The van der Waals surface area contributed by atoms with Crippen LogP contribution in [0.4, 0.5) is 5.82 Å². The van der Waals surface area contributed by atoms with Crippen LogP contribution >= 0.6 is 0 Å². The highest BCUT2D eigenvalue weighted by molar-refractivity contribution is 6.08. The normalized spacial score (nSPS) is 12.1. The van der Waals surface area contributed by atoms with E-state index in [0.717, 1.165) is 32.8 Å². The van der Waals surface area contributed by atoms with E-state index in [9.17, 15) is 9.90 Å². The Morgan fingerprint density at radius 2 is 1.71 bits per heavy atom. The van der Waals surface area contributed by atoms with Crippen LogP contribution in [0.25, 0.3) is 32.9 Å². The molecule has 2 heterocycles. The van der Waals surface area contributed by atoms with Crippen molar-refractivity contribution in [3.63, 3.8) is 0 Å². The molecule has 0 saturated carbocycles. The van der Waals surface area contributed by atoms with Crippen LogP contribution in [0.3, 0.4) is 0 Å². The molecule has 0 saturated heterocycles. The van der Waals surface area contributed by atoms with Crippen molar-refractivity contribution in [2.24, 2.45) is 0 Å². The third-order valence-electron chi connectivity index (χ3n) is 5.44. The summed E-state index contributed by atoms with van der Waals surface area (Å²) in [4.78, 5) is 24.0. The Morgan fingerprint density at radius 1 is 0.935 bits per heavy atom. The van der Waals surface area contributed by atoms with Crippen molar-refractivity contribution in [3.8, 4) is 11.1 Å². The molecule has 3 aromatic carbocycles. The van der Waals surface area contributed by atoms with Gasteiger partial charge in [-0.3, -0.25) is 0 Å². The lowest BCUT2D eigenvalue weighted by Gasteiger charge is -2.16. The van der Waals surface area contributed by atoms with E-state index in [-0.39, 0.29) is 0 Å². The average Bonchev–Trinajstić information content (AvgIpc) is 3.24. The first-order chi connectivity index (χ1) is 15.2. The van der Waals surface area contributed by atoms with Gasteiger partial charge in [-0.25, -0.2) is 14.8 Å². The van der Waals surface area contributed by atoms with E-state index < -0.39 is 12.0 Å². The number of nitrogens with one attached hydrogen (secondary N) is 2. The van der Waals surface area contributed by atoms with Crippen molar-refractivity contribution in [3.05, 3.63) is 90.9 Å². The molecule has 0 aliphatic carbocycles. The smallest absolute Gasteiger partial charge is 0.326 e. The minimum atomic E-state index is -0.933. The van der Waals surface area contributed by atoms with Gasteiger partial charge in [-0.2, -0.15) is 0 Å². The summed E-state index contributed by atoms with van der Waals surface area (Å²) in [5.74, 6) is -0.435. The molecule has 0 amide bonds. The van der Waals surface area contributed by atoms with E-state index >= 15 is 0 Å². The number of fused-ring (bicyclic) bond motifs is 2. The monoisotopic (exact) mass is 408 g/mol. The van der Waals surface area contributed by atoms with Crippen LogP contribution in [0.1, 0.15) is 5.56 Å². The molecule has 0 aliphatic heterocycles.